The van der Waals surface area contributed by atoms with Gasteiger partial charge in [0, 0.05) is 12.2 Å². The quantitative estimate of drug-likeness (QED) is 0.910. The standard InChI is InChI=1S/C16H20N2O2/c1-12-9-13(2)11-14(10-12)18(7-4-6-17)16(19)15-5-3-8-20-15/h3,5,8-11H,4,6-7,17H2,1-2H3. The van der Waals surface area contributed by atoms with Crippen molar-refractivity contribution in [2.45, 2.75) is 20.3 Å². The lowest BCUT2D eigenvalue weighted by atomic mass is 10.1. The molecule has 0 unspecified atom stereocenters. The first kappa shape index (κ1) is 14.3. The number of furan rings is 1. The summed E-state index contributed by atoms with van der Waals surface area (Å²) in [6.45, 7) is 5.18. The highest BCUT2D eigenvalue weighted by atomic mass is 16.3. The molecule has 20 heavy (non-hydrogen) atoms. The normalized spacial score (nSPS) is 10.6. The number of carbonyl (C=O) groups is 1. The van der Waals surface area contributed by atoms with E-state index in [-0.39, 0.29) is 5.91 Å². The molecule has 0 aliphatic carbocycles. The van der Waals surface area contributed by atoms with E-state index in [0.717, 1.165) is 23.2 Å². The lowest BCUT2D eigenvalue weighted by molar-refractivity contribution is 0.0960. The van der Waals surface area contributed by atoms with Gasteiger partial charge in [-0.3, -0.25) is 4.79 Å². The molecule has 4 nitrogen and oxygen atoms in total. The number of benzene rings is 1. The molecule has 0 aliphatic heterocycles. The third kappa shape index (κ3) is 3.27. The molecule has 0 bridgehead atoms. The Kier molecular flexibility index (Phi) is 4.58. The predicted molar refractivity (Wildman–Crippen MR) is 80.0 cm³/mol. The van der Waals surface area contributed by atoms with Crippen molar-refractivity contribution in [3.05, 3.63) is 53.5 Å². The van der Waals surface area contributed by atoms with E-state index in [0.29, 0.717) is 18.8 Å². The van der Waals surface area contributed by atoms with Crippen LogP contribution >= 0.6 is 0 Å². The van der Waals surface area contributed by atoms with Crippen LogP contribution < -0.4 is 10.6 Å². The molecule has 0 saturated heterocycles. The van der Waals surface area contributed by atoms with Gasteiger partial charge < -0.3 is 15.1 Å². The molecule has 2 rings (SSSR count). The summed E-state index contributed by atoms with van der Waals surface area (Å²) in [7, 11) is 0. The second kappa shape index (κ2) is 6.39. The summed E-state index contributed by atoms with van der Waals surface area (Å²) in [5, 5.41) is 0. The van der Waals surface area contributed by atoms with Gasteiger partial charge in [0.2, 0.25) is 0 Å². The number of rotatable bonds is 5. The molecule has 1 heterocycles. The molecule has 0 saturated carbocycles. The van der Waals surface area contributed by atoms with Crippen LogP contribution in [-0.2, 0) is 0 Å². The average Bonchev–Trinajstić information content (AvgIpc) is 2.91. The van der Waals surface area contributed by atoms with Gasteiger partial charge >= 0.3 is 0 Å². The summed E-state index contributed by atoms with van der Waals surface area (Å²) in [5.74, 6) is 0.217. The van der Waals surface area contributed by atoms with Gasteiger partial charge in [0.25, 0.3) is 5.91 Å². The fourth-order valence-corrected chi connectivity index (χ4v) is 2.24. The summed E-state index contributed by atoms with van der Waals surface area (Å²) in [4.78, 5) is 14.3. The van der Waals surface area contributed by atoms with Crippen molar-refractivity contribution in [2.75, 3.05) is 18.0 Å². The Morgan fingerprint density at radius 3 is 2.50 bits per heavy atom. The lowest BCUT2D eigenvalue weighted by Gasteiger charge is -2.22. The molecule has 0 spiro atoms. The molecule has 2 N–H and O–H groups in total. The van der Waals surface area contributed by atoms with E-state index >= 15 is 0 Å². The van der Waals surface area contributed by atoms with Gasteiger partial charge in [-0.05, 0) is 62.2 Å². The van der Waals surface area contributed by atoms with Crippen LogP contribution in [0.15, 0.2) is 41.0 Å². The zero-order valence-corrected chi connectivity index (χ0v) is 11.9. The van der Waals surface area contributed by atoms with E-state index in [1.807, 2.05) is 26.0 Å². The molecular weight excluding hydrogens is 252 g/mol. The summed E-state index contributed by atoms with van der Waals surface area (Å²) in [6, 6.07) is 9.49. The van der Waals surface area contributed by atoms with Crippen LogP contribution in [0.4, 0.5) is 5.69 Å². The molecule has 106 valence electrons. The van der Waals surface area contributed by atoms with Gasteiger partial charge in [0.1, 0.15) is 0 Å². The number of hydrogen-bond acceptors (Lipinski definition) is 3. The molecule has 0 atom stereocenters. The summed E-state index contributed by atoms with van der Waals surface area (Å²) in [6.07, 6.45) is 2.26. The largest absolute Gasteiger partial charge is 0.459 e. The molecule has 0 fully saturated rings. The zero-order valence-electron chi connectivity index (χ0n) is 11.9. The second-order valence-electron chi connectivity index (χ2n) is 4.92. The van der Waals surface area contributed by atoms with Crippen LogP contribution in [0.1, 0.15) is 28.1 Å². The third-order valence-electron chi connectivity index (χ3n) is 3.08. The van der Waals surface area contributed by atoms with Gasteiger partial charge in [-0.25, -0.2) is 0 Å². The molecule has 1 amide bonds. The molecule has 1 aromatic carbocycles. The van der Waals surface area contributed by atoms with E-state index in [1.165, 1.54) is 6.26 Å². The Hall–Kier alpha value is -2.07. The Morgan fingerprint density at radius 1 is 1.25 bits per heavy atom. The SMILES string of the molecule is Cc1cc(C)cc(N(CCCN)C(=O)c2ccco2)c1. The van der Waals surface area contributed by atoms with Gasteiger partial charge in [-0.1, -0.05) is 6.07 Å². The van der Waals surface area contributed by atoms with Crippen molar-refractivity contribution in [1.29, 1.82) is 0 Å². The van der Waals surface area contributed by atoms with Crippen LogP contribution in [0.25, 0.3) is 0 Å². The summed E-state index contributed by atoms with van der Waals surface area (Å²) in [5.41, 5.74) is 8.72. The first-order chi connectivity index (χ1) is 9.61. The van der Waals surface area contributed by atoms with Crippen LogP contribution in [0.2, 0.25) is 0 Å². The van der Waals surface area contributed by atoms with Gasteiger partial charge in [-0.2, -0.15) is 0 Å². The van der Waals surface area contributed by atoms with E-state index in [9.17, 15) is 4.79 Å². The van der Waals surface area contributed by atoms with Gasteiger partial charge in [0.05, 0.1) is 6.26 Å². The topological polar surface area (TPSA) is 59.5 Å². The number of anilines is 1. The van der Waals surface area contributed by atoms with Gasteiger partial charge in [0.15, 0.2) is 5.76 Å². The maximum absolute atomic E-state index is 12.5. The van der Waals surface area contributed by atoms with Crippen molar-refractivity contribution in [1.82, 2.24) is 0 Å². The highest BCUT2D eigenvalue weighted by Gasteiger charge is 2.19. The number of nitrogens with zero attached hydrogens (tertiary/aromatic N) is 1. The maximum Gasteiger partial charge on any atom is 0.293 e. The van der Waals surface area contributed by atoms with Crippen LogP contribution in [0.5, 0.6) is 0 Å². The Bertz CT molecular complexity index is 556. The Balaban J connectivity index is 2.33. The maximum atomic E-state index is 12.5. The van der Waals surface area contributed by atoms with Crippen LogP contribution in [-0.4, -0.2) is 19.0 Å². The van der Waals surface area contributed by atoms with Crippen LogP contribution in [0.3, 0.4) is 0 Å². The van der Waals surface area contributed by atoms with Crippen molar-refractivity contribution in [2.24, 2.45) is 5.73 Å². The van der Waals surface area contributed by atoms with Crippen LogP contribution in [0, 0.1) is 13.8 Å². The number of hydrogen-bond donors (Lipinski definition) is 1. The number of amides is 1. The molecular formula is C16H20N2O2. The first-order valence-electron chi connectivity index (χ1n) is 6.75. The Morgan fingerprint density at radius 2 is 1.95 bits per heavy atom. The monoisotopic (exact) mass is 272 g/mol. The zero-order chi connectivity index (χ0) is 14.5. The molecule has 0 aliphatic rings. The highest BCUT2D eigenvalue weighted by molar-refractivity contribution is 6.04. The third-order valence-corrected chi connectivity index (χ3v) is 3.08. The van der Waals surface area contributed by atoms with E-state index in [1.54, 1.807) is 17.0 Å². The highest BCUT2D eigenvalue weighted by Crippen LogP contribution is 2.21. The van der Waals surface area contributed by atoms with Crippen molar-refractivity contribution in [3.8, 4) is 0 Å². The Labute approximate surface area is 119 Å². The molecule has 0 radical (unpaired) electrons. The van der Waals surface area contributed by atoms with Gasteiger partial charge in [-0.15, -0.1) is 0 Å². The predicted octanol–water partition coefficient (Wildman–Crippen LogP) is 2.89. The summed E-state index contributed by atoms with van der Waals surface area (Å²) >= 11 is 0. The van der Waals surface area contributed by atoms with Crippen molar-refractivity contribution < 1.29 is 9.21 Å². The minimum absolute atomic E-state index is 0.131. The number of nitrogens with two attached hydrogens (primary N) is 1. The minimum Gasteiger partial charge on any atom is -0.459 e. The fraction of sp³-hybridized carbons (Fsp3) is 0.312. The lowest BCUT2D eigenvalue weighted by Crippen LogP contribution is -2.32. The van der Waals surface area contributed by atoms with E-state index < -0.39 is 0 Å². The minimum atomic E-state index is -0.131. The second-order valence-corrected chi connectivity index (χ2v) is 4.92. The van der Waals surface area contributed by atoms with E-state index in [4.69, 9.17) is 10.2 Å². The fourth-order valence-electron chi connectivity index (χ4n) is 2.24. The average molecular weight is 272 g/mol. The first-order valence-corrected chi connectivity index (χ1v) is 6.75. The molecule has 1 aromatic heterocycles. The number of carbonyl (C=O) groups excluding carboxylic acids is 1. The molecule has 2 aromatic rings. The smallest absolute Gasteiger partial charge is 0.293 e. The van der Waals surface area contributed by atoms with Crippen molar-refractivity contribution >= 4 is 11.6 Å². The van der Waals surface area contributed by atoms with E-state index in [2.05, 4.69) is 6.07 Å². The molecule has 4 heteroatoms. The number of aryl methyl sites for hydroxylation is 2. The summed E-state index contributed by atoms with van der Waals surface area (Å²) < 4.78 is 5.22. The van der Waals surface area contributed by atoms with Crippen molar-refractivity contribution in [3.63, 3.8) is 0 Å².